The largest absolute Gasteiger partial charge is 0.378 e. The number of aromatic nitrogens is 4. The van der Waals surface area contributed by atoms with Crippen molar-refractivity contribution in [2.75, 3.05) is 18.6 Å². The second-order valence-corrected chi connectivity index (χ2v) is 13.3. The Balaban J connectivity index is 1.79. The molecule has 0 amide bonds. The fraction of sp³-hybridized carbons (Fsp3) is 0.273. The zero-order valence-electron chi connectivity index (χ0n) is 25.4. The molecule has 1 aromatic carbocycles. The van der Waals surface area contributed by atoms with Gasteiger partial charge in [-0.2, -0.15) is 0 Å². The molecular weight excluding hydrogens is 589 g/mol. The summed E-state index contributed by atoms with van der Waals surface area (Å²) in [6, 6.07) is 10.00. The Morgan fingerprint density at radius 2 is 1.57 bits per heavy atom. The molecule has 0 radical (unpaired) electrons. The minimum Gasteiger partial charge on any atom is -0.378 e. The van der Waals surface area contributed by atoms with Crippen LogP contribution in [-0.4, -0.2) is 32.8 Å². The average molecular weight is 624 g/mol. The summed E-state index contributed by atoms with van der Waals surface area (Å²) in [5, 5.41) is 2.94. The van der Waals surface area contributed by atoms with Crippen LogP contribution in [0.5, 0.6) is 0 Å². The normalized spacial score (nSPS) is 11.9. The molecule has 0 aliphatic carbocycles. The molecule has 0 bridgehead atoms. The highest BCUT2D eigenvalue weighted by Crippen LogP contribution is 2.33. The first-order chi connectivity index (χ1) is 20.8. The topological polar surface area (TPSA) is 72.7 Å². The van der Waals surface area contributed by atoms with Crippen LogP contribution < -0.4 is 10.9 Å². The van der Waals surface area contributed by atoms with E-state index in [1.807, 2.05) is 6.92 Å². The van der Waals surface area contributed by atoms with Crippen LogP contribution in [0.15, 0.2) is 71.9 Å². The Morgan fingerprint density at radius 3 is 2.23 bits per heavy atom. The molecule has 0 saturated heterocycles. The lowest BCUT2D eigenvalue weighted by molar-refractivity contribution is 0.151. The lowest BCUT2D eigenvalue weighted by Gasteiger charge is -2.18. The van der Waals surface area contributed by atoms with E-state index in [9.17, 15) is 22.4 Å². The summed E-state index contributed by atoms with van der Waals surface area (Å²) < 4.78 is 57.2. The summed E-state index contributed by atoms with van der Waals surface area (Å²) in [5.41, 5.74) is 3.50. The van der Waals surface area contributed by atoms with Crippen molar-refractivity contribution in [1.82, 2.24) is 19.5 Å². The molecule has 11 heteroatoms. The van der Waals surface area contributed by atoms with Crippen molar-refractivity contribution < 1.29 is 17.6 Å². The minimum absolute atomic E-state index is 0.0242. The lowest BCUT2D eigenvalue weighted by atomic mass is 10.1. The molecule has 0 fully saturated rings. The molecule has 6 nitrogen and oxygen atoms in total. The van der Waals surface area contributed by atoms with Gasteiger partial charge in [-0.15, -0.1) is 7.92 Å². The molecule has 1 N–H and O–H groups in total. The van der Waals surface area contributed by atoms with Gasteiger partial charge in [0.05, 0.1) is 5.69 Å². The predicted octanol–water partition coefficient (Wildman–Crippen LogP) is 8.28. The number of nitrogens with one attached hydrogen (secondary N) is 1. The molecular formula is C33H34F4N5OP. The van der Waals surface area contributed by atoms with Gasteiger partial charge in [-0.1, -0.05) is 6.07 Å². The third kappa shape index (κ3) is 7.85. The first kappa shape index (κ1) is 32.7. The SMILES string of the molecule is Cc1ncc(-c2ncc(-c3ccc([C@@H](C)Nc4ccc(F)cc4C(F)F)cc(F)cc(C)c(=O)n3C)cn2)cc1CP(C)C. The van der Waals surface area contributed by atoms with Crippen LogP contribution in [0.25, 0.3) is 22.6 Å². The number of benzene rings is 1. The van der Waals surface area contributed by atoms with E-state index in [2.05, 4.69) is 39.7 Å². The van der Waals surface area contributed by atoms with Gasteiger partial charge in [0.15, 0.2) is 5.82 Å². The summed E-state index contributed by atoms with van der Waals surface area (Å²) in [4.78, 5) is 26.8. The van der Waals surface area contributed by atoms with Crippen molar-refractivity contribution in [2.24, 2.45) is 7.05 Å². The molecule has 0 aliphatic rings. The van der Waals surface area contributed by atoms with Crippen molar-refractivity contribution in [1.29, 1.82) is 0 Å². The van der Waals surface area contributed by atoms with E-state index in [4.69, 9.17) is 0 Å². The van der Waals surface area contributed by atoms with Gasteiger partial charge < -0.3 is 9.88 Å². The zero-order valence-corrected chi connectivity index (χ0v) is 26.3. The Bertz CT molecular complexity index is 1780. The molecule has 1 atom stereocenters. The molecule has 0 spiro atoms. The number of alkyl halides is 2. The van der Waals surface area contributed by atoms with Crippen LogP contribution in [0.3, 0.4) is 0 Å². The van der Waals surface area contributed by atoms with Crippen LogP contribution in [0, 0.1) is 25.5 Å². The van der Waals surface area contributed by atoms with Gasteiger partial charge in [-0.05, 0) is 93.9 Å². The fourth-order valence-electron chi connectivity index (χ4n) is 4.71. The van der Waals surface area contributed by atoms with Crippen molar-refractivity contribution in [3.05, 3.63) is 117 Å². The number of hydrogen-bond acceptors (Lipinski definition) is 5. The highest BCUT2D eigenvalue weighted by Gasteiger charge is 2.17. The molecule has 4 rings (SSSR count). The third-order valence-electron chi connectivity index (χ3n) is 7.10. The van der Waals surface area contributed by atoms with Gasteiger partial charge in [0.25, 0.3) is 12.0 Å². The van der Waals surface area contributed by atoms with Crippen molar-refractivity contribution in [2.45, 2.75) is 39.4 Å². The first-order valence-corrected chi connectivity index (χ1v) is 16.3. The van der Waals surface area contributed by atoms with Crippen molar-refractivity contribution in [3.8, 4) is 22.6 Å². The number of rotatable bonds is 8. The highest BCUT2D eigenvalue weighted by atomic mass is 31.1. The number of pyridine rings is 1. The van der Waals surface area contributed by atoms with Crippen molar-refractivity contribution >= 4 is 13.6 Å². The Labute approximate surface area is 255 Å². The molecule has 4 aromatic rings. The van der Waals surface area contributed by atoms with E-state index in [-0.39, 0.29) is 19.2 Å². The Morgan fingerprint density at radius 1 is 0.886 bits per heavy atom. The smallest absolute Gasteiger partial charge is 0.265 e. The first-order valence-electron chi connectivity index (χ1n) is 13.9. The lowest BCUT2D eigenvalue weighted by Crippen LogP contribution is -2.18. The van der Waals surface area contributed by atoms with Crippen LogP contribution >= 0.6 is 7.92 Å². The number of anilines is 1. The molecule has 3 aromatic heterocycles. The quantitative estimate of drug-likeness (QED) is 0.158. The minimum atomic E-state index is -2.91. The third-order valence-corrected chi connectivity index (χ3v) is 8.07. The van der Waals surface area contributed by atoms with E-state index in [0.29, 0.717) is 22.6 Å². The molecule has 0 aliphatic heterocycles. The van der Waals surface area contributed by atoms with Crippen LogP contribution in [0.2, 0.25) is 0 Å². The summed E-state index contributed by atoms with van der Waals surface area (Å²) >= 11 is 0. The molecule has 44 heavy (non-hydrogen) atoms. The maximum atomic E-state index is 15.0. The second kappa shape index (κ2) is 14.1. The van der Waals surface area contributed by atoms with Crippen molar-refractivity contribution in [3.63, 3.8) is 0 Å². The highest BCUT2D eigenvalue weighted by molar-refractivity contribution is 7.55. The second-order valence-electron chi connectivity index (χ2n) is 10.8. The van der Waals surface area contributed by atoms with Gasteiger partial charge in [-0.3, -0.25) is 9.78 Å². The maximum Gasteiger partial charge on any atom is 0.265 e. The zero-order chi connectivity index (χ0) is 32.1. The van der Waals surface area contributed by atoms with Gasteiger partial charge in [0, 0.05) is 65.3 Å². The van der Waals surface area contributed by atoms with Gasteiger partial charge >= 0.3 is 0 Å². The van der Waals surface area contributed by atoms with E-state index >= 15 is 0 Å². The van der Waals surface area contributed by atoms with Gasteiger partial charge in [-0.25, -0.2) is 27.5 Å². The summed E-state index contributed by atoms with van der Waals surface area (Å²) in [7, 11) is 1.41. The fourth-order valence-corrected chi connectivity index (χ4v) is 5.71. The van der Waals surface area contributed by atoms with E-state index < -0.39 is 35.2 Å². The summed E-state index contributed by atoms with van der Waals surface area (Å²) in [6.45, 7) is 9.57. The predicted molar refractivity (Wildman–Crippen MR) is 169 cm³/mol. The summed E-state index contributed by atoms with van der Waals surface area (Å²) in [5.74, 6) is -0.990. The number of halogens is 4. The van der Waals surface area contributed by atoms with Crippen LogP contribution in [0.4, 0.5) is 23.2 Å². The van der Waals surface area contributed by atoms with E-state index in [1.165, 1.54) is 23.6 Å². The average Bonchev–Trinajstić information content (AvgIpc) is 2.97. The van der Waals surface area contributed by atoms with Gasteiger partial charge in [0.2, 0.25) is 0 Å². The Kier molecular flexibility index (Phi) is 10.5. The molecule has 3 heterocycles. The molecule has 230 valence electrons. The summed E-state index contributed by atoms with van der Waals surface area (Å²) in [6.07, 6.45) is 2.97. The number of nitrogens with zero attached hydrogens (tertiary/aromatic N) is 4. The van der Waals surface area contributed by atoms with E-state index in [1.54, 1.807) is 44.7 Å². The number of aryl methyl sites for hydroxylation is 2. The monoisotopic (exact) mass is 623 g/mol. The van der Waals surface area contributed by atoms with Crippen LogP contribution in [0.1, 0.15) is 47.3 Å². The van der Waals surface area contributed by atoms with E-state index in [0.717, 1.165) is 41.2 Å². The maximum absolute atomic E-state index is 15.0. The number of hydrogen-bond donors (Lipinski definition) is 1. The van der Waals surface area contributed by atoms with Crippen LogP contribution in [-0.2, 0) is 13.2 Å². The Hall–Kier alpha value is -4.17. The standard InChI is InChI=1S/C33H34F4N5OP/c1-19-11-27(35)13-22(21(3)41-29-9-8-26(34)14-28(29)31(36)37)7-10-30(42(4)33(19)43)25-16-39-32(40-17-25)23-12-24(18-44(5)6)20(2)38-15-23/h7-17,21,31,41H,18H2,1-6H3/t21-/m1/s1. The molecule has 0 saturated carbocycles. The van der Waals surface area contributed by atoms with Gasteiger partial charge in [0.1, 0.15) is 11.6 Å². The molecule has 0 unspecified atom stereocenters.